The van der Waals surface area contributed by atoms with Crippen molar-refractivity contribution in [2.45, 2.75) is 33.3 Å². The van der Waals surface area contributed by atoms with Gasteiger partial charge in [0.15, 0.2) is 0 Å². The van der Waals surface area contributed by atoms with Crippen LogP contribution in [0.25, 0.3) is 0 Å². The fourth-order valence-corrected chi connectivity index (χ4v) is 0. The summed E-state index contributed by atoms with van der Waals surface area (Å²) in [6, 6.07) is 0. The van der Waals surface area contributed by atoms with Crippen molar-refractivity contribution in [3.63, 3.8) is 0 Å². The van der Waals surface area contributed by atoms with Gasteiger partial charge in [0.1, 0.15) is 0 Å². The molecular formula is C7H16OY-2. The molecule has 9 heavy (non-hydrogen) atoms. The number of hydrogen-bond acceptors (Lipinski definition) is 1. The zero-order chi connectivity index (χ0) is 7.21. The summed E-state index contributed by atoms with van der Waals surface area (Å²) in [5, 5.41) is 0. The summed E-state index contributed by atoms with van der Waals surface area (Å²) in [5.74, 6) is 0. The monoisotopic (exact) mass is 205 g/mol. The van der Waals surface area contributed by atoms with Crippen molar-refractivity contribution in [1.82, 2.24) is 0 Å². The molecule has 55 valence electrons. The molecule has 0 aliphatic carbocycles. The third kappa shape index (κ3) is 27.4. The van der Waals surface area contributed by atoms with Crippen LogP contribution in [-0.4, -0.2) is 5.60 Å². The van der Waals surface area contributed by atoms with E-state index in [1.807, 2.05) is 20.8 Å². The van der Waals surface area contributed by atoms with Crippen molar-refractivity contribution in [2.24, 2.45) is 0 Å². The summed E-state index contributed by atoms with van der Waals surface area (Å²) < 4.78 is 4.69. The summed E-state index contributed by atoms with van der Waals surface area (Å²) in [6.45, 7) is 10.9. The van der Waals surface area contributed by atoms with Crippen molar-refractivity contribution < 1.29 is 37.4 Å². The number of hydrogen-bond donors (Lipinski definition) is 0. The van der Waals surface area contributed by atoms with Crippen molar-refractivity contribution in [2.75, 3.05) is 0 Å². The maximum Gasteiger partial charge on any atom is 0.0257 e. The first-order valence-electron chi connectivity index (χ1n) is 2.70. The van der Waals surface area contributed by atoms with Gasteiger partial charge >= 0.3 is 0 Å². The average Bonchev–Trinajstić information content (AvgIpc) is 1.71. The number of ether oxygens (including phenoxy) is 1. The standard InChI is InChI=1S/C5H11O.C2H5.Y/c1-5(2,3)6-4;1-2;/h4H2,1-3H3;1H2,2H3;/q2*-1;. The van der Waals surface area contributed by atoms with E-state index in [1.165, 1.54) is 0 Å². The van der Waals surface area contributed by atoms with E-state index < -0.39 is 0 Å². The predicted octanol–water partition coefficient (Wildman–Crippen LogP) is 2.43. The molecule has 0 heterocycles. The first-order valence-corrected chi connectivity index (χ1v) is 2.70. The maximum atomic E-state index is 4.69. The molecule has 0 amide bonds. The number of rotatable bonds is 0. The van der Waals surface area contributed by atoms with Crippen molar-refractivity contribution in [3.05, 3.63) is 14.0 Å². The quantitative estimate of drug-likeness (QED) is 0.552. The molecule has 1 nitrogen and oxygen atoms in total. The van der Waals surface area contributed by atoms with Gasteiger partial charge in [-0.3, -0.25) is 0 Å². The molecule has 0 bridgehead atoms. The van der Waals surface area contributed by atoms with E-state index in [2.05, 4.69) is 18.8 Å². The molecule has 0 aliphatic heterocycles. The minimum absolute atomic E-state index is 0. The first kappa shape index (κ1) is 16.6. The van der Waals surface area contributed by atoms with E-state index in [4.69, 9.17) is 0 Å². The molecule has 0 aromatic rings. The first-order chi connectivity index (χ1) is 3.56. The van der Waals surface area contributed by atoms with Crippen LogP contribution >= 0.6 is 0 Å². The molecule has 0 saturated heterocycles. The minimum atomic E-state index is -0.0694. The molecule has 0 aromatic heterocycles. The van der Waals surface area contributed by atoms with Gasteiger partial charge in [-0.25, -0.2) is 7.11 Å². The Bertz CT molecular complexity index is 38.7. The van der Waals surface area contributed by atoms with Crippen LogP contribution < -0.4 is 0 Å². The Labute approximate surface area is 84.4 Å². The third-order valence-electron chi connectivity index (χ3n) is 0.433. The zero-order valence-corrected chi connectivity index (χ0v) is 9.74. The van der Waals surface area contributed by atoms with E-state index in [0.717, 1.165) is 0 Å². The molecule has 0 fully saturated rings. The molecule has 0 aliphatic rings. The van der Waals surface area contributed by atoms with Gasteiger partial charge < -0.3 is 11.7 Å². The molecule has 0 aromatic carbocycles. The molecule has 0 unspecified atom stereocenters. The summed E-state index contributed by atoms with van der Waals surface area (Å²) in [5.41, 5.74) is -0.0694. The van der Waals surface area contributed by atoms with Gasteiger partial charge in [-0.1, -0.05) is 0 Å². The second kappa shape index (κ2) is 9.06. The van der Waals surface area contributed by atoms with Crippen LogP contribution in [0, 0.1) is 14.0 Å². The Balaban J connectivity index is -0.000000109. The second-order valence-electron chi connectivity index (χ2n) is 2.26. The van der Waals surface area contributed by atoms with Gasteiger partial charge in [0.2, 0.25) is 0 Å². The second-order valence-corrected chi connectivity index (χ2v) is 2.26. The Morgan fingerprint density at radius 1 is 1.11 bits per heavy atom. The van der Waals surface area contributed by atoms with Crippen LogP contribution in [0.5, 0.6) is 0 Å². The van der Waals surface area contributed by atoms with E-state index in [1.54, 1.807) is 6.92 Å². The van der Waals surface area contributed by atoms with E-state index in [-0.39, 0.29) is 38.3 Å². The molecule has 0 rings (SSSR count). The largest absolute Gasteiger partial charge is 0.551 e. The van der Waals surface area contributed by atoms with Gasteiger partial charge in [0.25, 0.3) is 0 Å². The van der Waals surface area contributed by atoms with Crippen LogP contribution in [0.3, 0.4) is 0 Å². The molecule has 0 N–H and O–H groups in total. The smallest absolute Gasteiger partial charge is 0.0257 e. The van der Waals surface area contributed by atoms with Gasteiger partial charge in [-0.2, -0.15) is 6.92 Å². The fourth-order valence-electron chi connectivity index (χ4n) is 0. The van der Waals surface area contributed by atoms with Crippen LogP contribution in [0.2, 0.25) is 0 Å². The van der Waals surface area contributed by atoms with Crippen LogP contribution in [0.15, 0.2) is 0 Å². The Morgan fingerprint density at radius 3 is 1.22 bits per heavy atom. The molecule has 0 saturated carbocycles. The summed E-state index contributed by atoms with van der Waals surface area (Å²) >= 11 is 0. The van der Waals surface area contributed by atoms with E-state index >= 15 is 0 Å². The van der Waals surface area contributed by atoms with Crippen LogP contribution in [0.1, 0.15) is 27.7 Å². The van der Waals surface area contributed by atoms with Gasteiger partial charge in [-0.15, -0.1) is 0 Å². The topological polar surface area (TPSA) is 9.23 Å². The molecule has 2 heteroatoms. The molecule has 1 radical (unpaired) electrons. The summed E-state index contributed by atoms with van der Waals surface area (Å²) in [7, 11) is 3.26. The summed E-state index contributed by atoms with van der Waals surface area (Å²) in [6.07, 6.45) is 0. The van der Waals surface area contributed by atoms with E-state index in [9.17, 15) is 0 Å². The third-order valence-corrected chi connectivity index (χ3v) is 0.433. The summed E-state index contributed by atoms with van der Waals surface area (Å²) in [4.78, 5) is 0. The van der Waals surface area contributed by atoms with Crippen molar-refractivity contribution in [3.8, 4) is 0 Å². The predicted molar refractivity (Wildman–Crippen MR) is 37.2 cm³/mol. The van der Waals surface area contributed by atoms with E-state index in [0.29, 0.717) is 0 Å². The van der Waals surface area contributed by atoms with Crippen LogP contribution in [0.4, 0.5) is 0 Å². The molecule has 0 spiro atoms. The molecule has 0 atom stereocenters. The average molecular weight is 205 g/mol. The molecular weight excluding hydrogens is 189 g/mol. The SMILES string of the molecule is [CH2-]C.[CH2-]OC(C)(C)C.[Y]. The van der Waals surface area contributed by atoms with Crippen molar-refractivity contribution >= 4 is 0 Å². The maximum absolute atomic E-state index is 4.69. The zero-order valence-electron chi connectivity index (χ0n) is 6.90. The van der Waals surface area contributed by atoms with Gasteiger partial charge in [0, 0.05) is 38.3 Å². The normalized spacial score (nSPS) is 8.67. The Kier molecular flexibility index (Phi) is 16.7. The Morgan fingerprint density at radius 2 is 1.22 bits per heavy atom. The Hall–Kier alpha value is 1.06. The fraction of sp³-hybridized carbons (Fsp3) is 0.714. The van der Waals surface area contributed by atoms with Gasteiger partial charge in [0.05, 0.1) is 0 Å². The van der Waals surface area contributed by atoms with Crippen LogP contribution in [-0.2, 0) is 37.4 Å². The minimum Gasteiger partial charge on any atom is -0.551 e. The van der Waals surface area contributed by atoms with Crippen molar-refractivity contribution in [1.29, 1.82) is 0 Å². The van der Waals surface area contributed by atoms with Gasteiger partial charge in [-0.05, 0) is 20.8 Å².